The maximum Gasteiger partial charge on any atom is 0.0883 e. The van der Waals surface area contributed by atoms with E-state index in [4.69, 9.17) is 0 Å². The summed E-state index contributed by atoms with van der Waals surface area (Å²) in [5.74, 6) is 0. The zero-order chi connectivity index (χ0) is 10.3. The lowest BCUT2D eigenvalue weighted by atomic mass is 10.1. The average Bonchev–Trinajstić information content (AvgIpc) is 2.47. The summed E-state index contributed by atoms with van der Waals surface area (Å²) in [6.07, 6.45) is 5.50. The number of pyridine rings is 1. The molecule has 0 aliphatic heterocycles. The van der Waals surface area contributed by atoms with Gasteiger partial charge in [0.05, 0.1) is 23.4 Å². The van der Waals surface area contributed by atoms with Crippen molar-refractivity contribution in [3.05, 3.63) is 23.1 Å². The Balaban J connectivity index is 2.76. The molecule has 0 saturated carbocycles. The summed E-state index contributed by atoms with van der Waals surface area (Å²) in [6, 6.07) is 0. The van der Waals surface area contributed by atoms with Crippen LogP contribution in [0.5, 0.6) is 0 Å². The van der Waals surface area contributed by atoms with Gasteiger partial charge in [0.25, 0.3) is 0 Å². The Morgan fingerprint density at radius 1 is 1.21 bits per heavy atom. The first-order valence-electron chi connectivity index (χ1n) is 4.48. The maximum atomic E-state index is 4.37. The molecule has 3 nitrogen and oxygen atoms in total. The summed E-state index contributed by atoms with van der Waals surface area (Å²) in [5, 5.41) is 5.48. The highest BCUT2D eigenvalue weighted by molar-refractivity contribution is 9.10. The van der Waals surface area contributed by atoms with Crippen LogP contribution in [-0.4, -0.2) is 14.8 Å². The Morgan fingerprint density at radius 3 is 2.57 bits per heavy atom. The molecule has 0 radical (unpaired) electrons. The quantitative estimate of drug-likeness (QED) is 0.723. The fourth-order valence-corrected chi connectivity index (χ4v) is 1.87. The van der Waals surface area contributed by atoms with Gasteiger partial charge >= 0.3 is 0 Å². The lowest BCUT2D eigenvalue weighted by molar-refractivity contribution is 0.368. The van der Waals surface area contributed by atoms with E-state index in [1.54, 1.807) is 6.20 Å². The van der Waals surface area contributed by atoms with Gasteiger partial charge in [-0.1, -0.05) is 0 Å². The molecule has 0 unspecified atom stereocenters. The van der Waals surface area contributed by atoms with Gasteiger partial charge in [-0.15, -0.1) is 0 Å². The summed E-state index contributed by atoms with van der Waals surface area (Å²) in [6.45, 7) is 6.38. The third kappa shape index (κ3) is 1.43. The SMILES string of the molecule is CC(C)(C)n1ncc2c(Br)cncc21. The first-order chi connectivity index (χ1) is 6.50. The fraction of sp³-hybridized carbons (Fsp3) is 0.400. The molecule has 0 bridgehead atoms. The van der Waals surface area contributed by atoms with Crippen molar-refractivity contribution < 1.29 is 0 Å². The number of rotatable bonds is 0. The Hall–Kier alpha value is -0.900. The van der Waals surface area contributed by atoms with E-state index < -0.39 is 0 Å². The lowest BCUT2D eigenvalue weighted by Crippen LogP contribution is -2.22. The van der Waals surface area contributed by atoms with E-state index in [1.807, 2.05) is 17.1 Å². The van der Waals surface area contributed by atoms with Crippen LogP contribution >= 0.6 is 15.9 Å². The number of fused-ring (bicyclic) bond motifs is 1. The summed E-state index contributed by atoms with van der Waals surface area (Å²) >= 11 is 3.46. The predicted octanol–water partition coefficient (Wildman–Crippen LogP) is 2.95. The lowest BCUT2D eigenvalue weighted by Gasteiger charge is -2.20. The summed E-state index contributed by atoms with van der Waals surface area (Å²) in [4.78, 5) is 4.15. The molecule has 0 aromatic carbocycles. The molecule has 14 heavy (non-hydrogen) atoms. The van der Waals surface area contributed by atoms with E-state index in [0.29, 0.717) is 0 Å². The van der Waals surface area contributed by atoms with Crippen LogP contribution in [0.4, 0.5) is 0 Å². The molecule has 2 aromatic heterocycles. The molecule has 0 N–H and O–H groups in total. The molecule has 4 heteroatoms. The number of hydrogen-bond donors (Lipinski definition) is 0. The second-order valence-corrected chi connectivity index (χ2v) is 5.14. The standard InChI is InChI=1S/C10H12BrN3/c1-10(2,3)14-9-6-12-5-8(11)7(9)4-13-14/h4-6H,1-3H3. The average molecular weight is 254 g/mol. The minimum Gasteiger partial charge on any atom is -0.261 e. The first kappa shape index (κ1) is 9.65. The highest BCUT2D eigenvalue weighted by Crippen LogP contribution is 2.25. The van der Waals surface area contributed by atoms with Crippen molar-refractivity contribution in [3.8, 4) is 0 Å². The van der Waals surface area contributed by atoms with Crippen molar-refractivity contribution in [1.29, 1.82) is 0 Å². The molecular formula is C10H12BrN3. The van der Waals surface area contributed by atoms with E-state index in [1.165, 1.54) is 0 Å². The van der Waals surface area contributed by atoms with Crippen LogP contribution < -0.4 is 0 Å². The zero-order valence-corrected chi connectivity index (χ0v) is 10.0. The van der Waals surface area contributed by atoms with Gasteiger partial charge in [-0.2, -0.15) is 5.10 Å². The van der Waals surface area contributed by atoms with Crippen molar-refractivity contribution >= 4 is 26.8 Å². The van der Waals surface area contributed by atoms with Crippen molar-refractivity contribution in [2.75, 3.05) is 0 Å². The van der Waals surface area contributed by atoms with Crippen LogP contribution in [0.1, 0.15) is 20.8 Å². The summed E-state index contributed by atoms with van der Waals surface area (Å²) < 4.78 is 2.98. The fourth-order valence-electron chi connectivity index (χ4n) is 1.44. The first-order valence-corrected chi connectivity index (χ1v) is 5.27. The molecule has 2 heterocycles. The third-order valence-electron chi connectivity index (χ3n) is 2.08. The van der Waals surface area contributed by atoms with Gasteiger partial charge in [0, 0.05) is 16.1 Å². The van der Waals surface area contributed by atoms with Gasteiger partial charge in [-0.25, -0.2) is 0 Å². The van der Waals surface area contributed by atoms with Crippen LogP contribution in [0, 0.1) is 0 Å². The maximum absolute atomic E-state index is 4.37. The Labute approximate surface area is 91.3 Å². The van der Waals surface area contributed by atoms with Gasteiger partial charge in [0.15, 0.2) is 0 Å². The number of nitrogens with zero attached hydrogens (tertiary/aromatic N) is 3. The molecule has 0 aliphatic rings. The summed E-state index contributed by atoms with van der Waals surface area (Å²) in [5.41, 5.74) is 1.05. The van der Waals surface area contributed by atoms with Crippen molar-refractivity contribution in [2.24, 2.45) is 0 Å². The van der Waals surface area contributed by atoms with Crippen molar-refractivity contribution in [3.63, 3.8) is 0 Å². The van der Waals surface area contributed by atoms with E-state index in [0.717, 1.165) is 15.4 Å². The highest BCUT2D eigenvalue weighted by atomic mass is 79.9. The molecule has 0 saturated heterocycles. The van der Waals surface area contributed by atoms with Gasteiger partial charge in [-0.3, -0.25) is 9.67 Å². The zero-order valence-electron chi connectivity index (χ0n) is 8.45. The molecule has 0 atom stereocenters. The minimum atomic E-state index is -0.00970. The molecular weight excluding hydrogens is 242 g/mol. The number of aromatic nitrogens is 3. The minimum absolute atomic E-state index is 0.00970. The molecule has 0 spiro atoms. The predicted molar refractivity (Wildman–Crippen MR) is 60.2 cm³/mol. The van der Waals surface area contributed by atoms with E-state index in [-0.39, 0.29) is 5.54 Å². The topological polar surface area (TPSA) is 30.7 Å². The van der Waals surface area contributed by atoms with Gasteiger partial charge in [0.2, 0.25) is 0 Å². The van der Waals surface area contributed by atoms with Gasteiger partial charge < -0.3 is 0 Å². The van der Waals surface area contributed by atoms with Crippen LogP contribution in [0.3, 0.4) is 0 Å². The second kappa shape index (κ2) is 3.05. The van der Waals surface area contributed by atoms with E-state index in [9.17, 15) is 0 Å². The largest absolute Gasteiger partial charge is 0.261 e. The van der Waals surface area contributed by atoms with Crippen molar-refractivity contribution in [2.45, 2.75) is 26.3 Å². The van der Waals surface area contributed by atoms with E-state index >= 15 is 0 Å². The smallest absolute Gasteiger partial charge is 0.0883 e. The van der Waals surface area contributed by atoms with Crippen LogP contribution in [0.2, 0.25) is 0 Å². The molecule has 2 aromatic rings. The Kier molecular flexibility index (Phi) is 2.10. The number of hydrogen-bond acceptors (Lipinski definition) is 2. The molecule has 74 valence electrons. The summed E-state index contributed by atoms with van der Waals surface area (Å²) in [7, 11) is 0. The van der Waals surface area contributed by atoms with E-state index in [2.05, 4.69) is 46.8 Å². The molecule has 0 fully saturated rings. The van der Waals surface area contributed by atoms with Crippen LogP contribution in [-0.2, 0) is 5.54 Å². The van der Waals surface area contributed by atoms with Gasteiger partial charge in [-0.05, 0) is 36.7 Å². The monoisotopic (exact) mass is 253 g/mol. The second-order valence-electron chi connectivity index (χ2n) is 4.28. The Morgan fingerprint density at radius 2 is 1.93 bits per heavy atom. The van der Waals surface area contributed by atoms with Crippen LogP contribution in [0.25, 0.3) is 10.9 Å². The van der Waals surface area contributed by atoms with Crippen LogP contribution in [0.15, 0.2) is 23.1 Å². The van der Waals surface area contributed by atoms with Crippen molar-refractivity contribution in [1.82, 2.24) is 14.8 Å². The number of halogens is 1. The normalized spacial score (nSPS) is 12.3. The molecule has 0 aliphatic carbocycles. The molecule has 2 rings (SSSR count). The Bertz CT molecular complexity index is 468. The highest BCUT2D eigenvalue weighted by Gasteiger charge is 2.17. The third-order valence-corrected chi connectivity index (χ3v) is 2.72. The van der Waals surface area contributed by atoms with Gasteiger partial charge in [0.1, 0.15) is 0 Å². The molecule has 0 amide bonds.